The summed E-state index contributed by atoms with van der Waals surface area (Å²) in [6.45, 7) is 6.33. The zero-order valence-electron chi connectivity index (χ0n) is 13.0. The molecule has 2 unspecified atom stereocenters. The number of hydrogen-bond acceptors (Lipinski definition) is 4. The van der Waals surface area contributed by atoms with Crippen molar-refractivity contribution in [3.05, 3.63) is 0 Å². The van der Waals surface area contributed by atoms with Crippen LogP contribution in [-0.2, 0) is 9.53 Å². The van der Waals surface area contributed by atoms with Gasteiger partial charge in [0.15, 0.2) is 0 Å². The van der Waals surface area contributed by atoms with E-state index in [1.165, 1.54) is 12.8 Å². The molecule has 118 valence electrons. The third kappa shape index (κ3) is 7.22. The Morgan fingerprint density at radius 1 is 1.40 bits per heavy atom. The number of rotatable bonds is 11. The van der Waals surface area contributed by atoms with Crippen LogP contribution in [0.15, 0.2) is 0 Å². The summed E-state index contributed by atoms with van der Waals surface area (Å²) < 4.78 is 5.00. The van der Waals surface area contributed by atoms with Crippen molar-refractivity contribution in [1.29, 1.82) is 0 Å². The van der Waals surface area contributed by atoms with Crippen molar-refractivity contribution < 1.29 is 14.6 Å². The van der Waals surface area contributed by atoms with Crippen LogP contribution in [0.25, 0.3) is 0 Å². The molecule has 1 saturated carbocycles. The minimum atomic E-state index is -0.973. The van der Waals surface area contributed by atoms with Crippen LogP contribution < -0.4 is 10.6 Å². The lowest BCUT2D eigenvalue weighted by Crippen LogP contribution is -2.50. The normalized spacial score (nSPS) is 18.1. The van der Waals surface area contributed by atoms with E-state index in [2.05, 4.69) is 24.5 Å². The first-order chi connectivity index (χ1) is 9.54. The zero-order chi connectivity index (χ0) is 15.0. The summed E-state index contributed by atoms with van der Waals surface area (Å²) >= 11 is 0. The second-order valence-electron chi connectivity index (χ2n) is 6.17. The fraction of sp³-hybridized carbons (Fsp3) is 0.933. The predicted octanol–water partition coefficient (Wildman–Crippen LogP) is 0.914. The van der Waals surface area contributed by atoms with Gasteiger partial charge in [-0.25, -0.2) is 0 Å². The number of ether oxygens (including phenoxy) is 1. The molecular formula is C15H30N2O3. The van der Waals surface area contributed by atoms with Crippen LogP contribution in [0.3, 0.4) is 0 Å². The number of amides is 1. The summed E-state index contributed by atoms with van der Waals surface area (Å²) in [7, 11) is 1.67. The molecule has 1 aliphatic rings. The molecule has 0 radical (unpaired) electrons. The average Bonchev–Trinajstić information content (AvgIpc) is 3.22. The van der Waals surface area contributed by atoms with Crippen LogP contribution in [0.2, 0.25) is 0 Å². The Hall–Kier alpha value is -0.650. The lowest BCUT2D eigenvalue weighted by molar-refractivity contribution is -0.131. The van der Waals surface area contributed by atoms with Gasteiger partial charge in [-0.1, -0.05) is 13.8 Å². The van der Waals surface area contributed by atoms with Crippen LogP contribution in [0.4, 0.5) is 0 Å². The largest absolute Gasteiger partial charge is 0.385 e. The van der Waals surface area contributed by atoms with Gasteiger partial charge in [-0.2, -0.15) is 0 Å². The van der Waals surface area contributed by atoms with Gasteiger partial charge >= 0.3 is 0 Å². The molecule has 0 heterocycles. The van der Waals surface area contributed by atoms with Crippen LogP contribution >= 0.6 is 0 Å². The molecule has 0 aromatic carbocycles. The summed E-state index contributed by atoms with van der Waals surface area (Å²) in [5.41, 5.74) is 0. The summed E-state index contributed by atoms with van der Waals surface area (Å²) in [4.78, 5) is 12.0. The van der Waals surface area contributed by atoms with Crippen molar-refractivity contribution >= 4 is 5.91 Å². The quantitative estimate of drug-likeness (QED) is 0.494. The second-order valence-corrected chi connectivity index (χ2v) is 6.17. The molecule has 1 amide bonds. The van der Waals surface area contributed by atoms with Crippen LogP contribution in [-0.4, -0.2) is 50.0 Å². The van der Waals surface area contributed by atoms with Crippen LogP contribution in [0.1, 0.15) is 39.5 Å². The first kappa shape index (κ1) is 17.4. The molecular weight excluding hydrogens is 256 g/mol. The van der Waals surface area contributed by atoms with E-state index in [0.29, 0.717) is 25.0 Å². The van der Waals surface area contributed by atoms with Gasteiger partial charge in [-0.05, 0) is 44.1 Å². The topological polar surface area (TPSA) is 70.6 Å². The Balaban J connectivity index is 2.35. The average molecular weight is 286 g/mol. The maximum absolute atomic E-state index is 12.0. The Morgan fingerprint density at radius 3 is 2.65 bits per heavy atom. The standard InChI is InChI=1S/C15H30N2O3/c1-11(2)9-13(16-7-4-8-20-3)14(18)15(19)17-10-12-5-6-12/h11-14,16,18H,4-10H2,1-3H3,(H,17,19). The van der Waals surface area contributed by atoms with E-state index in [1.807, 2.05) is 0 Å². The summed E-state index contributed by atoms with van der Waals surface area (Å²) in [5.74, 6) is 0.812. The van der Waals surface area contributed by atoms with Crippen LogP contribution in [0, 0.1) is 11.8 Å². The molecule has 0 aliphatic heterocycles. The maximum Gasteiger partial charge on any atom is 0.250 e. The van der Waals surface area contributed by atoms with Crippen molar-refractivity contribution in [2.45, 2.75) is 51.7 Å². The molecule has 1 rings (SSSR count). The van der Waals surface area contributed by atoms with E-state index < -0.39 is 6.10 Å². The maximum atomic E-state index is 12.0. The fourth-order valence-electron chi connectivity index (χ4n) is 2.19. The third-order valence-electron chi connectivity index (χ3n) is 3.57. The molecule has 3 N–H and O–H groups in total. The number of carbonyl (C=O) groups excluding carboxylic acids is 1. The summed E-state index contributed by atoms with van der Waals surface area (Å²) in [5, 5.41) is 16.3. The van der Waals surface area contributed by atoms with E-state index in [0.717, 1.165) is 19.4 Å². The molecule has 2 atom stereocenters. The Labute approximate surface area is 122 Å². The van der Waals surface area contributed by atoms with Gasteiger partial charge in [0.05, 0.1) is 0 Å². The number of aliphatic hydroxyl groups is 1. The van der Waals surface area contributed by atoms with Crippen LogP contribution in [0.5, 0.6) is 0 Å². The number of carbonyl (C=O) groups is 1. The van der Waals surface area contributed by atoms with Crippen molar-refractivity contribution in [3.8, 4) is 0 Å². The highest BCUT2D eigenvalue weighted by Gasteiger charge is 2.28. The van der Waals surface area contributed by atoms with Gasteiger partial charge in [-0.3, -0.25) is 4.79 Å². The molecule has 0 bridgehead atoms. The molecule has 0 aromatic heterocycles. The second kappa shape index (κ2) is 9.32. The number of hydrogen-bond donors (Lipinski definition) is 3. The van der Waals surface area contributed by atoms with Gasteiger partial charge in [0, 0.05) is 26.3 Å². The minimum Gasteiger partial charge on any atom is -0.385 e. The van der Waals surface area contributed by atoms with Gasteiger partial charge in [0.25, 0.3) is 0 Å². The van der Waals surface area contributed by atoms with E-state index >= 15 is 0 Å². The third-order valence-corrected chi connectivity index (χ3v) is 3.57. The van der Waals surface area contributed by atoms with E-state index in [4.69, 9.17) is 4.74 Å². The van der Waals surface area contributed by atoms with Crippen molar-refractivity contribution in [2.24, 2.45) is 11.8 Å². The highest BCUT2D eigenvalue weighted by Crippen LogP contribution is 2.27. The molecule has 0 spiro atoms. The summed E-state index contributed by atoms with van der Waals surface area (Å²) in [6, 6.07) is -0.189. The van der Waals surface area contributed by atoms with E-state index in [9.17, 15) is 9.90 Å². The van der Waals surface area contributed by atoms with Gasteiger partial charge in [0.2, 0.25) is 5.91 Å². The SMILES string of the molecule is COCCCNC(CC(C)C)C(O)C(=O)NCC1CC1. The Bertz CT molecular complexity index is 280. The molecule has 0 aromatic rings. The Kier molecular flexibility index (Phi) is 8.11. The molecule has 5 heteroatoms. The molecule has 0 saturated heterocycles. The number of aliphatic hydroxyl groups excluding tert-OH is 1. The van der Waals surface area contributed by atoms with Crippen molar-refractivity contribution in [3.63, 3.8) is 0 Å². The summed E-state index contributed by atoms with van der Waals surface area (Å²) in [6.07, 6.45) is 3.08. The Morgan fingerprint density at radius 2 is 2.10 bits per heavy atom. The first-order valence-corrected chi connectivity index (χ1v) is 7.72. The predicted molar refractivity (Wildman–Crippen MR) is 79.5 cm³/mol. The smallest absolute Gasteiger partial charge is 0.250 e. The van der Waals surface area contributed by atoms with Gasteiger partial charge < -0.3 is 20.5 Å². The van der Waals surface area contributed by atoms with Gasteiger partial charge in [0.1, 0.15) is 6.10 Å². The molecule has 5 nitrogen and oxygen atoms in total. The number of methoxy groups -OCH3 is 1. The van der Waals surface area contributed by atoms with Crippen molar-refractivity contribution in [1.82, 2.24) is 10.6 Å². The molecule has 1 fully saturated rings. The zero-order valence-corrected chi connectivity index (χ0v) is 13.0. The first-order valence-electron chi connectivity index (χ1n) is 7.72. The molecule has 1 aliphatic carbocycles. The minimum absolute atomic E-state index is 0.189. The highest BCUT2D eigenvalue weighted by atomic mass is 16.5. The number of nitrogens with one attached hydrogen (secondary N) is 2. The fourth-order valence-corrected chi connectivity index (χ4v) is 2.19. The molecule has 20 heavy (non-hydrogen) atoms. The van der Waals surface area contributed by atoms with Crippen molar-refractivity contribution in [2.75, 3.05) is 26.8 Å². The lowest BCUT2D eigenvalue weighted by atomic mass is 9.98. The monoisotopic (exact) mass is 286 g/mol. The highest BCUT2D eigenvalue weighted by molar-refractivity contribution is 5.81. The lowest BCUT2D eigenvalue weighted by Gasteiger charge is -2.25. The van der Waals surface area contributed by atoms with E-state index in [1.54, 1.807) is 7.11 Å². The van der Waals surface area contributed by atoms with E-state index in [-0.39, 0.29) is 11.9 Å². The van der Waals surface area contributed by atoms with Gasteiger partial charge in [-0.15, -0.1) is 0 Å².